The molecule has 0 amide bonds. The highest BCUT2D eigenvalue weighted by molar-refractivity contribution is 7.80. The highest BCUT2D eigenvalue weighted by atomic mass is 32.1. The summed E-state index contributed by atoms with van der Waals surface area (Å²) in [6.07, 6.45) is 2.32. The molecule has 0 atom stereocenters. The number of thiocarbonyl (C=S) groups is 1. The number of nitrogens with one attached hydrogen (secondary N) is 1. The Kier molecular flexibility index (Phi) is 3.39. The smallest absolute Gasteiger partial charge is 0.173 e. The third kappa shape index (κ3) is 2.50. The average molecular weight is 238 g/mol. The molecule has 1 fully saturated rings. The Hall–Kier alpha value is -1.16. The van der Waals surface area contributed by atoms with E-state index in [1.165, 1.54) is 6.07 Å². The average Bonchev–Trinajstić information content (AvgIpc) is 3.06. The van der Waals surface area contributed by atoms with E-state index in [0.29, 0.717) is 23.4 Å². The number of anilines is 1. The van der Waals surface area contributed by atoms with E-state index in [2.05, 4.69) is 5.32 Å². The van der Waals surface area contributed by atoms with Gasteiger partial charge in [0.15, 0.2) is 5.11 Å². The summed E-state index contributed by atoms with van der Waals surface area (Å²) in [5.74, 6) is -0.232. The molecule has 0 spiro atoms. The Morgan fingerprint density at radius 2 is 2.19 bits per heavy atom. The lowest BCUT2D eigenvalue weighted by molar-refractivity contribution is 0.626. The highest BCUT2D eigenvalue weighted by Crippen LogP contribution is 2.22. The van der Waals surface area contributed by atoms with E-state index in [9.17, 15) is 4.39 Å². The van der Waals surface area contributed by atoms with Gasteiger partial charge in [0.2, 0.25) is 0 Å². The fourth-order valence-electron chi connectivity index (χ4n) is 1.57. The van der Waals surface area contributed by atoms with Crippen molar-refractivity contribution >= 4 is 23.0 Å². The standard InChI is InChI=1S/C12H15FN2S/c1-2-15(12(16)14-9-7-8-9)11-6-4-3-5-10(11)13/h3-6,9H,2,7-8H2,1H3,(H,14,16). The van der Waals surface area contributed by atoms with Gasteiger partial charge in [-0.2, -0.15) is 0 Å². The van der Waals surface area contributed by atoms with Crippen molar-refractivity contribution in [1.82, 2.24) is 5.32 Å². The number of para-hydroxylation sites is 1. The molecule has 86 valence electrons. The number of hydrogen-bond donors (Lipinski definition) is 1. The third-order valence-electron chi connectivity index (χ3n) is 2.61. The van der Waals surface area contributed by atoms with Crippen molar-refractivity contribution in [2.45, 2.75) is 25.8 Å². The number of rotatable bonds is 3. The van der Waals surface area contributed by atoms with Gasteiger partial charge in [0.25, 0.3) is 0 Å². The maximum atomic E-state index is 13.6. The number of halogens is 1. The Labute approximate surface area is 100 Å². The fourth-order valence-corrected chi connectivity index (χ4v) is 1.97. The lowest BCUT2D eigenvalue weighted by Gasteiger charge is -2.24. The predicted octanol–water partition coefficient (Wildman–Crippen LogP) is 2.69. The topological polar surface area (TPSA) is 15.3 Å². The monoisotopic (exact) mass is 238 g/mol. The van der Waals surface area contributed by atoms with Gasteiger partial charge in [-0.3, -0.25) is 0 Å². The molecule has 0 aliphatic heterocycles. The molecule has 1 aromatic rings. The van der Waals surface area contributed by atoms with Crippen molar-refractivity contribution in [2.75, 3.05) is 11.4 Å². The quantitative estimate of drug-likeness (QED) is 0.815. The Balaban J connectivity index is 2.14. The summed E-state index contributed by atoms with van der Waals surface area (Å²) in [6.45, 7) is 2.63. The Morgan fingerprint density at radius 1 is 1.50 bits per heavy atom. The maximum Gasteiger partial charge on any atom is 0.173 e. The van der Waals surface area contributed by atoms with E-state index < -0.39 is 0 Å². The summed E-state index contributed by atoms with van der Waals surface area (Å²) >= 11 is 5.28. The van der Waals surface area contributed by atoms with E-state index in [4.69, 9.17) is 12.2 Å². The first-order valence-corrected chi connectivity index (χ1v) is 5.95. The minimum atomic E-state index is -0.232. The molecule has 1 aliphatic rings. The van der Waals surface area contributed by atoms with E-state index in [-0.39, 0.29) is 5.82 Å². The van der Waals surface area contributed by atoms with Crippen LogP contribution in [0.25, 0.3) is 0 Å². The number of nitrogens with zero attached hydrogens (tertiary/aromatic N) is 1. The molecule has 1 aliphatic carbocycles. The fraction of sp³-hybridized carbons (Fsp3) is 0.417. The molecule has 0 bridgehead atoms. The minimum absolute atomic E-state index is 0.232. The van der Waals surface area contributed by atoms with Gasteiger partial charge in [0.05, 0.1) is 5.69 Å². The second-order valence-electron chi connectivity index (χ2n) is 3.92. The lowest BCUT2D eigenvalue weighted by atomic mass is 10.3. The highest BCUT2D eigenvalue weighted by Gasteiger charge is 2.24. The first-order valence-electron chi connectivity index (χ1n) is 5.55. The zero-order valence-corrected chi connectivity index (χ0v) is 10.1. The molecule has 4 heteroatoms. The van der Waals surface area contributed by atoms with Gasteiger partial charge >= 0.3 is 0 Å². The summed E-state index contributed by atoms with van der Waals surface area (Å²) in [5, 5.41) is 3.84. The second kappa shape index (κ2) is 4.78. The Morgan fingerprint density at radius 3 is 2.75 bits per heavy atom. The lowest BCUT2D eigenvalue weighted by Crippen LogP contribution is -2.41. The molecule has 0 unspecified atom stereocenters. The van der Waals surface area contributed by atoms with Crippen LogP contribution in [0.1, 0.15) is 19.8 Å². The molecule has 2 nitrogen and oxygen atoms in total. The summed E-state index contributed by atoms with van der Waals surface area (Å²) in [6, 6.07) is 7.20. The molecule has 1 saturated carbocycles. The van der Waals surface area contributed by atoms with Crippen molar-refractivity contribution in [3.8, 4) is 0 Å². The van der Waals surface area contributed by atoms with Crippen LogP contribution in [0.2, 0.25) is 0 Å². The van der Waals surface area contributed by atoms with E-state index >= 15 is 0 Å². The van der Waals surface area contributed by atoms with Crippen molar-refractivity contribution in [3.63, 3.8) is 0 Å². The van der Waals surface area contributed by atoms with Crippen LogP contribution in [-0.2, 0) is 0 Å². The van der Waals surface area contributed by atoms with Gasteiger partial charge in [-0.25, -0.2) is 4.39 Å². The van der Waals surface area contributed by atoms with Crippen LogP contribution in [0, 0.1) is 5.82 Å². The molecular weight excluding hydrogens is 223 g/mol. The SMILES string of the molecule is CCN(C(=S)NC1CC1)c1ccccc1F. The molecule has 0 aromatic heterocycles. The van der Waals surface area contributed by atoms with Gasteiger partial charge < -0.3 is 10.2 Å². The Bertz CT molecular complexity index is 390. The van der Waals surface area contributed by atoms with Gasteiger partial charge in [0, 0.05) is 12.6 Å². The minimum Gasteiger partial charge on any atom is -0.360 e. The third-order valence-corrected chi connectivity index (χ3v) is 2.95. The maximum absolute atomic E-state index is 13.6. The number of benzene rings is 1. The van der Waals surface area contributed by atoms with Crippen LogP contribution < -0.4 is 10.2 Å². The zero-order valence-electron chi connectivity index (χ0n) is 9.24. The van der Waals surface area contributed by atoms with Crippen LogP contribution in [0.15, 0.2) is 24.3 Å². The summed E-state index contributed by atoms with van der Waals surface area (Å²) in [7, 11) is 0. The van der Waals surface area contributed by atoms with Gasteiger partial charge in [-0.05, 0) is 44.1 Å². The van der Waals surface area contributed by atoms with E-state index in [0.717, 1.165) is 12.8 Å². The molecule has 0 radical (unpaired) electrons. The van der Waals surface area contributed by atoms with Crippen LogP contribution in [0.4, 0.5) is 10.1 Å². The van der Waals surface area contributed by atoms with E-state index in [1.54, 1.807) is 17.0 Å². The predicted molar refractivity (Wildman–Crippen MR) is 68.2 cm³/mol. The van der Waals surface area contributed by atoms with Gasteiger partial charge in [0.1, 0.15) is 5.82 Å². The largest absolute Gasteiger partial charge is 0.360 e. The first kappa shape index (κ1) is 11.3. The molecule has 2 rings (SSSR count). The van der Waals surface area contributed by atoms with Crippen molar-refractivity contribution < 1.29 is 4.39 Å². The van der Waals surface area contributed by atoms with Gasteiger partial charge in [-0.1, -0.05) is 12.1 Å². The second-order valence-corrected chi connectivity index (χ2v) is 4.31. The van der Waals surface area contributed by atoms with Crippen molar-refractivity contribution in [3.05, 3.63) is 30.1 Å². The number of hydrogen-bond acceptors (Lipinski definition) is 1. The van der Waals surface area contributed by atoms with Crippen LogP contribution >= 0.6 is 12.2 Å². The summed E-state index contributed by atoms with van der Waals surface area (Å²) < 4.78 is 13.6. The molecule has 16 heavy (non-hydrogen) atoms. The molecule has 1 N–H and O–H groups in total. The molecular formula is C12H15FN2S. The normalized spacial score (nSPS) is 14.6. The zero-order chi connectivity index (χ0) is 11.5. The molecule has 0 saturated heterocycles. The van der Waals surface area contributed by atoms with Crippen molar-refractivity contribution in [2.24, 2.45) is 0 Å². The van der Waals surface area contributed by atoms with E-state index in [1.807, 2.05) is 13.0 Å². The summed E-state index contributed by atoms with van der Waals surface area (Å²) in [4.78, 5) is 1.79. The van der Waals surface area contributed by atoms with Crippen LogP contribution in [0.5, 0.6) is 0 Å². The molecule has 0 heterocycles. The van der Waals surface area contributed by atoms with Gasteiger partial charge in [-0.15, -0.1) is 0 Å². The van der Waals surface area contributed by atoms with Crippen LogP contribution in [-0.4, -0.2) is 17.7 Å². The molecule has 1 aromatic carbocycles. The van der Waals surface area contributed by atoms with Crippen molar-refractivity contribution in [1.29, 1.82) is 0 Å². The first-order chi connectivity index (χ1) is 7.72. The summed E-state index contributed by atoms with van der Waals surface area (Å²) in [5.41, 5.74) is 0.545. The van der Waals surface area contributed by atoms with Crippen LogP contribution in [0.3, 0.4) is 0 Å².